The number of pyridine rings is 1. The molecular weight excluding hydrogens is 290 g/mol. The molecule has 8 nitrogen and oxygen atoms in total. The van der Waals surface area contributed by atoms with Crippen LogP contribution in [0.5, 0.6) is 0 Å². The zero-order chi connectivity index (χ0) is 16.3. The van der Waals surface area contributed by atoms with Crippen LogP contribution in [0.1, 0.15) is 30.6 Å². The van der Waals surface area contributed by atoms with Crippen LogP contribution in [0.2, 0.25) is 0 Å². The van der Waals surface area contributed by atoms with E-state index in [2.05, 4.69) is 4.98 Å². The lowest BCUT2D eigenvalue weighted by Crippen LogP contribution is -2.40. The molecule has 0 radical (unpaired) electrons. The first-order valence-corrected chi connectivity index (χ1v) is 7.03. The average molecular weight is 307 g/mol. The van der Waals surface area contributed by atoms with Crippen molar-refractivity contribution in [1.29, 1.82) is 0 Å². The number of esters is 1. The summed E-state index contributed by atoms with van der Waals surface area (Å²) in [4.78, 5) is 40.0. The molecule has 0 saturated carbocycles. The van der Waals surface area contributed by atoms with Crippen molar-refractivity contribution in [2.24, 2.45) is 5.92 Å². The first-order valence-electron chi connectivity index (χ1n) is 7.03. The van der Waals surface area contributed by atoms with Gasteiger partial charge in [-0.15, -0.1) is 0 Å². The molecule has 1 aliphatic heterocycles. The predicted octanol–water partition coefficient (Wildman–Crippen LogP) is 1.58. The largest absolute Gasteiger partial charge is 0.462 e. The molecule has 0 spiro atoms. The van der Waals surface area contributed by atoms with E-state index >= 15 is 0 Å². The number of ether oxygens (including phenoxy) is 1. The van der Waals surface area contributed by atoms with Crippen LogP contribution in [0.3, 0.4) is 0 Å². The maximum Gasteiger partial charge on any atom is 0.345 e. The molecule has 0 amide bonds. The molecule has 1 fully saturated rings. The van der Waals surface area contributed by atoms with Crippen LogP contribution < -0.4 is 4.90 Å². The standard InChI is InChI=1S/C14H17N3O5/c1-3-22-14(19)10-4-6-15-13(12(10)17(20)21)16-7-5-11(18)9(2)8-16/h4,6,9H,3,5,7-8H2,1-2H3. The Balaban J connectivity index is 2.43. The van der Waals surface area contributed by atoms with Crippen molar-refractivity contribution in [3.8, 4) is 0 Å². The number of anilines is 1. The molecule has 0 bridgehead atoms. The number of carbonyl (C=O) groups is 2. The third-order valence-electron chi connectivity index (χ3n) is 3.55. The Labute approximate surface area is 127 Å². The Hall–Kier alpha value is -2.51. The molecule has 1 atom stereocenters. The fraction of sp³-hybridized carbons (Fsp3) is 0.500. The molecule has 0 aromatic carbocycles. The first-order chi connectivity index (χ1) is 10.5. The molecule has 1 aliphatic rings. The highest BCUT2D eigenvalue weighted by atomic mass is 16.6. The summed E-state index contributed by atoms with van der Waals surface area (Å²) in [6.45, 7) is 4.23. The van der Waals surface area contributed by atoms with Crippen LogP contribution in [-0.4, -0.2) is 41.4 Å². The van der Waals surface area contributed by atoms with Crippen molar-refractivity contribution in [1.82, 2.24) is 4.98 Å². The molecule has 2 heterocycles. The van der Waals surface area contributed by atoms with Gasteiger partial charge < -0.3 is 9.64 Å². The third kappa shape index (κ3) is 3.05. The van der Waals surface area contributed by atoms with Crippen LogP contribution >= 0.6 is 0 Å². The van der Waals surface area contributed by atoms with E-state index in [9.17, 15) is 19.7 Å². The monoisotopic (exact) mass is 307 g/mol. The van der Waals surface area contributed by atoms with Gasteiger partial charge in [-0.05, 0) is 13.0 Å². The Morgan fingerprint density at radius 1 is 1.59 bits per heavy atom. The van der Waals surface area contributed by atoms with Crippen molar-refractivity contribution in [3.05, 3.63) is 27.9 Å². The fourth-order valence-electron chi connectivity index (χ4n) is 2.44. The molecular formula is C14H17N3O5. The number of hydrogen-bond acceptors (Lipinski definition) is 7. The number of Topliss-reactive ketones (excluding diaryl/α,β-unsaturated/α-hetero) is 1. The molecule has 22 heavy (non-hydrogen) atoms. The maximum absolute atomic E-state index is 11.9. The number of carbonyl (C=O) groups excluding carboxylic acids is 2. The van der Waals surface area contributed by atoms with Crippen molar-refractivity contribution in [2.75, 3.05) is 24.6 Å². The van der Waals surface area contributed by atoms with Gasteiger partial charge in [0.2, 0.25) is 5.82 Å². The van der Waals surface area contributed by atoms with E-state index in [1.54, 1.807) is 18.7 Å². The lowest BCUT2D eigenvalue weighted by atomic mass is 9.98. The van der Waals surface area contributed by atoms with Crippen LogP contribution in [0.25, 0.3) is 0 Å². The van der Waals surface area contributed by atoms with Crippen molar-refractivity contribution >= 4 is 23.3 Å². The van der Waals surface area contributed by atoms with E-state index in [-0.39, 0.29) is 35.4 Å². The number of aromatic nitrogens is 1. The lowest BCUT2D eigenvalue weighted by Gasteiger charge is -2.30. The second kappa shape index (κ2) is 6.50. The number of rotatable bonds is 4. The van der Waals surface area contributed by atoms with Crippen molar-refractivity contribution in [2.45, 2.75) is 20.3 Å². The Kier molecular flexibility index (Phi) is 4.69. The van der Waals surface area contributed by atoms with Gasteiger partial charge in [0, 0.05) is 31.6 Å². The second-order valence-corrected chi connectivity index (χ2v) is 5.07. The summed E-state index contributed by atoms with van der Waals surface area (Å²) in [5.41, 5.74) is -0.496. The van der Waals surface area contributed by atoms with Crippen molar-refractivity contribution < 1.29 is 19.2 Å². The molecule has 0 aliphatic carbocycles. The van der Waals surface area contributed by atoms with Gasteiger partial charge in [-0.1, -0.05) is 6.92 Å². The molecule has 118 valence electrons. The second-order valence-electron chi connectivity index (χ2n) is 5.07. The maximum atomic E-state index is 11.9. The van der Waals surface area contributed by atoms with Crippen LogP contribution in [0.15, 0.2) is 12.3 Å². The fourth-order valence-corrected chi connectivity index (χ4v) is 2.44. The summed E-state index contributed by atoms with van der Waals surface area (Å²) >= 11 is 0. The van der Waals surface area contributed by atoms with Gasteiger partial charge in [0.25, 0.3) is 0 Å². The van der Waals surface area contributed by atoms with Gasteiger partial charge in [-0.2, -0.15) is 0 Å². The summed E-state index contributed by atoms with van der Waals surface area (Å²) in [6, 6.07) is 1.28. The Morgan fingerprint density at radius 2 is 2.32 bits per heavy atom. The Morgan fingerprint density at radius 3 is 2.91 bits per heavy atom. The predicted molar refractivity (Wildman–Crippen MR) is 77.8 cm³/mol. The normalized spacial score (nSPS) is 18.2. The third-order valence-corrected chi connectivity index (χ3v) is 3.55. The molecule has 1 unspecified atom stereocenters. The SMILES string of the molecule is CCOC(=O)c1ccnc(N2CCC(=O)C(C)C2)c1[N+](=O)[O-]. The summed E-state index contributed by atoms with van der Waals surface area (Å²) in [6.07, 6.45) is 1.65. The quantitative estimate of drug-likeness (QED) is 0.472. The zero-order valence-electron chi connectivity index (χ0n) is 12.4. The summed E-state index contributed by atoms with van der Waals surface area (Å²) in [5, 5.41) is 11.4. The average Bonchev–Trinajstić information content (AvgIpc) is 2.49. The number of piperidine rings is 1. The van der Waals surface area contributed by atoms with E-state index < -0.39 is 10.9 Å². The lowest BCUT2D eigenvalue weighted by molar-refractivity contribution is -0.384. The highest BCUT2D eigenvalue weighted by Crippen LogP contribution is 2.32. The minimum absolute atomic E-state index is 0.106. The first kappa shape index (κ1) is 15.9. The highest BCUT2D eigenvalue weighted by Gasteiger charge is 2.33. The van der Waals surface area contributed by atoms with Gasteiger partial charge in [0.1, 0.15) is 11.3 Å². The molecule has 1 aromatic heterocycles. The van der Waals surface area contributed by atoms with Crippen LogP contribution in [0.4, 0.5) is 11.5 Å². The van der Waals surface area contributed by atoms with E-state index in [1.807, 2.05) is 0 Å². The summed E-state index contributed by atoms with van der Waals surface area (Å²) < 4.78 is 4.86. The summed E-state index contributed by atoms with van der Waals surface area (Å²) in [7, 11) is 0. The molecule has 1 saturated heterocycles. The van der Waals surface area contributed by atoms with E-state index in [1.165, 1.54) is 12.3 Å². The smallest absolute Gasteiger partial charge is 0.345 e. The molecule has 8 heteroatoms. The van der Waals surface area contributed by atoms with Gasteiger partial charge in [0.05, 0.1) is 11.5 Å². The minimum atomic E-state index is -0.751. The topological polar surface area (TPSA) is 103 Å². The molecule has 2 rings (SSSR count). The highest BCUT2D eigenvalue weighted by molar-refractivity contribution is 5.96. The number of hydrogen-bond donors (Lipinski definition) is 0. The number of ketones is 1. The van der Waals surface area contributed by atoms with E-state index in [4.69, 9.17) is 4.74 Å². The molecule has 1 aromatic rings. The van der Waals surface area contributed by atoms with Crippen LogP contribution in [-0.2, 0) is 9.53 Å². The van der Waals surface area contributed by atoms with Gasteiger partial charge in [0.15, 0.2) is 0 Å². The summed E-state index contributed by atoms with van der Waals surface area (Å²) in [5.74, 6) is -0.740. The van der Waals surface area contributed by atoms with E-state index in [0.717, 1.165) is 0 Å². The number of nitrogens with zero attached hydrogens (tertiary/aromatic N) is 3. The van der Waals surface area contributed by atoms with Gasteiger partial charge >= 0.3 is 11.7 Å². The van der Waals surface area contributed by atoms with Crippen molar-refractivity contribution in [3.63, 3.8) is 0 Å². The molecule has 0 N–H and O–H groups in total. The van der Waals surface area contributed by atoms with Crippen LogP contribution in [0, 0.1) is 16.0 Å². The zero-order valence-corrected chi connectivity index (χ0v) is 12.4. The Bertz CT molecular complexity index is 616. The van der Waals surface area contributed by atoms with Gasteiger partial charge in [-0.3, -0.25) is 14.9 Å². The van der Waals surface area contributed by atoms with Gasteiger partial charge in [-0.25, -0.2) is 9.78 Å². The number of nitro groups is 1. The van der Waals surface area contributed by atoms with E-state index in [0.29, 0.717) is 19.5 Å². The minimum Gasteiger partial charge on any atom is -0.462 e.